The van der Waals surface area contributed by atoms with E-state index < -0.39 is 0 Å². The zero-order valence-electron chi connectivity index (χ0n) is 18.0. The van der Waals surface area contributed by atoms with Crippen LogP contribution in [0.15, 0.2) is 57.4 Å². The molecule has 0 N–H and O–H groups in total. The van der Waals surface area contributed by atoms with Crippen molar-refractivity contribution in [1.82, 2.24) is 14.9 Å². The van der Waals surface area contributed by atoms with E-state index in [1.807, 2.05) is 62.4 Å². The summed E-state index contributed by atoms with van der Waals surface area (Å²) in [5, 5.41) is 0. The monoisotopic (exact) mass is 417 g/mol. The van der Waals surface area contributed by atoms with Crippen LogP contribution >= 0.6 is 0 Å². The fourth-order valence-electron chi connectivity index (χ4n) is 4.24. The predicted molar refractivity (Wildman–Crippen MR) is 119 cm³/mol. The van der Waals surface area contributed by atoms with Crippen molar-refractivity contribution in [2.45, 2.75) is 39.2 Å². The lowest BCUT2D eigenvalue weighted by Crippen LogP contribution is -2.34. The van der Waals surface area contributed by atoms with Crippen LogP contribution in [0.4, 0.5) is 0 Å². The van der Waals surface area contributed by atoms with Crippen molar-refractivity contribution in [3.63, 3.8) is 0 Å². The molecule has 2 aromatic carbocycles. The first-order valence-electron chi connectivity index (χ1n) is 11.0. The molecule has 0 spiro atoms. The summed E-state index contributed by atoms with van der Waals surface area (Å²) >= 11 is 0. The van der Waals surface area contributed by atoms with E-state index in [1.165, 1.54) is 0 Å². The van der Waals surface area contributed by atoms with E-state index in [-0.39, 0.29) is 0 Å². The Morgan fingerprint density at radius 3 is 2.71 bits per heavy atom. The van der Waals surface area contributed by atoms with Gasteiger partial charge in [-0.2, -0.15) is 0 Å². The molecule has 1 fully saturated rings. The first-order chi connectivity index (χ1) is 15.2. The molecule has 0 aliphatic carbocycles. The summed E-state index contributed by atoms with van der Waals surface area (Å²) in [5.41, 5.74) is 3.74. The molecule has 31 heavy (non-hydrogen) atoms. The number of nitrogens with zero attached hydrogens (tertiary/aromatic N) is 3. The average Bonchev–Trinajstić information content (AvgIpc) is 3.39. The summed E-state index contributed by atoms with van der Waals surface area (Å²) in [4.78, 5) is 11.9. The number of fused-ring (bicyclic) bond motifs is 1. The number of rotatable bonds is 6. The fourth-order valence-corrected chi connectivity index (χ4v) is 4.24. The van der Waals surface area contributed by atoms with E-state index in [0.29, 0.717) is 18.4 Å². The highest BCUT2D eigenvalue weighted by Crippen LogP contribution is 2.31. The Bertz CT molecular complexity index is 1130. The number of benzene rings is 2. The lowest BCUT2D eigenvalue weighted by molar-refractivity contribution is 0.185. The molecular weight excluding hydrogens is 390 g/mol. The summed E-state index contributed by atoms with van der Waals surface area (Å²) < 4.78 is 17.5. The lowest BCUT2D eigenvalue weighted by Gasteiger charge is -2.30. The van der Waals surface area contributed by atoms with Gasteiger partial charge in [-0.3, -0.25) is 4.90 Å². The molecular formula is C25H27N3O3. The molecule has 0 bridgehead atoms. The summed E-state index contributed by atoms with van der Waals surface area (Å²) in [6.07, 6.45) is 2.21. The van der Waals surface area contributed by atoms with Crippen LogP contribution in [-0.2, 0) is 6.54 Å². The zero-order valence-corrected chi connectivity index (χ0v) is 18.0. The maximum absolute atomic E-state index is 6.04. The van der Waals surface area contributed by atoms with E-state index >= 15 is 0 Å². The molecule has 160 valence electrons. The highest BCUT2D eigenvalue weighted by molar-refractivity contribution is 5.72. The maximum atomic E-state index is 6.04. The maximum Gasteiger partial charge on any atom is 0.226 e. The second-order valence-electron chi connectivity index (χ2n) is 8.07. The van der Waals surface area contributed by atoms with Gasteiger partial charge in [0.15, 0.2) is 11.5 Å². The van der Waals surface area contributed by atoms with Gasteiger partial charge in [-0.05, 0) is 69.6 Å². The first kappa shape index (κ1) is 19.8. The van der Waals surface area contributed by atoms with Crippen molar-refractivity contribution in [3.05, 3.63) is 65.9 Å². The first-order valence-corrected chi connectivity index (χ1v) is 11.0. The quantitative estimate of drug-likeness (QED) is 0.409. The molecule has 1 aliphatic heterocycles. The van der Waals surface area contributed by atoms with Crippen LogP contribution < -0.4 is 4.74 Å². The van der Waals surface area contributed by atoms with Crippen LogP contribution in [0.2, 0.25) is 0 Å². The van der Waals surface area contributed by atoms with E-state index in [0.717, 1.165) is 72.2 Å². The number of hydrogen-bond donors (Lipinski definition) is 0. The number of aryl methyl sites for hydroxylation is 1. The molecule has 0 unspecified atom stereocenters. The summed E-state index contributed by atoms with van der Waals surface area (Å²) in [6, 6.07) is 15.9. The normalized spacial score (nSPS) is 17.3. The molecule has 2 aromatic heterocycles. The Balaban J connectivity index is 1.29. The molecule has 3 heterocycles. The minimum atomic E-state index is 0.305. The summed E-state index contributed by atoms with van der Waals surface area (Å²) in [5.74, 6) is 3.53. The van der Waals surface area contributed by atoms with Gasteiger partial charge in [-0.15, -0.1) is 0 Å². The second-order valence-corrected chi connectivity index (χ2v) is 8.07. The third-order valence-electron chi connectivity index (χ3n) is 5.84. The van der Waals surface area contributed by atoms with E-state index in [9.17, 15) is 0 Å². The van der Waals surface area contributed by atoms with Crippen molar-refractivity contribution in [2.75, 3.05) is 19.7 Å². The molecule has 0 saturated carbocycles. The lowest BCUT2D eigenvalue weighted by atomic mass is 9.98. The van der Waals surface area contributed by atoms with E-state index in [4.69, 9.17) is 23.5 Å². The largest absolute Gasteiger partial charge is 0.494 e. The number of aromatic nitrogens is 2. The van der Waals surface area contributed by atoms with Crippen molar-refractivity contribution < 1.29 is 13.6 Å². The summed E-state index contributed by atoms with van der Waals surface area (Å²) in [7, 11) is 0. The standard InChI is InChI=1S/C25H27N3O3/c1-3-29-20-12-10-18(11-13-20)24-27-22(17(2)30-24)16-28-14-6-7-19(15-28)25-26-21-8-4-5-9-23(21)31-25/h4-5,8-13,19H,3,6-7,14-16H2,1-2H3/t19-/m0/s1. The predicted octanol–water partition coefficient (Wildman–Crippen LogP) is 5.57. The molecule has 1 saturated heterocycles. The number of oxazole rings is 2. The van der Waals surface area contributed by atoms with Crippen LogP contribution in [-0.4, -0.2) is 34.6 Å². The van der Waals surface area contributed by atoms with E-state index in [2.05, 4.69) is 4.90 Å². The minimum Gasteiger partial charge on any atom is -0.494 e. The number of piperidine rings is 1. The zero-order chi connectivity index (χ0) is 21.2. The Labute approximate surface area is 181 Å². The highest BCUT2D eigenvalue weighted by atomic mass is 16.5. The Hall–Kier alpha value is -3.12. The average molecular weight is 418 g/mol. The topological polar surface area (TPSA) is 64.5 Å². The molecule has 5 rings (SSSR count). The van der Waals surface area contributed by atoms with Crippen molar-refractivity contribution >= 4 is 11.1 Å². The molecule has 1 aliphatic rings. The van der Waals surface area contributed by atoms with Crippen LogP contribution in [0, 0.1) is 6.92 Å². The molecule has 1 atom stereocenters. The second kappa shape index (κ2) is 8.55. The number of ether oxygens (including phenoxy) is 1. The van der Waals surface area contributed by atoms with Crippen LogP contribution in [0.25, 0.3) is 22.6 Å². The molecule has 4 aromatic rings. The number of para-hydroxylation sites is 2. The Morgan fingerprint density at radius 1 is 1.06 bits per heavy atom. The van der Waals surface area contributed by atoms with Gasteiger partial charge in [-0.25, -0.2) is 9.97 Å². The molecule has 6 heteroatoms. The van der Waals surface area contributed by atoms with Gasteiger partial charge < -0.3 is 13.6 Å². The van der Waals surface area contributed by atoms with Crippen molar-refractivity contribution in [2.24, 2.45) is 0 Å². The van der Waals surface area contributed by atoms with Gasteiger partial charge in [0.2, 0.25) is 5.89 Å². The highest BCUT2D eigenvalue weighted by Gasteiger charge is 2.26. The van der Waals surface area contributed by atoms with Gasteiger partial charge >= 0.3 is 0 Å². The molecule has 0 amide bonds. The van der Waals surface area contributed by atoms with Gasteiger partial charge in [0.05, 0.1) is 12.3 Å². The third-order valence-corrected chi connectivity index (χ3v) is 5.84. The van der Waals surface area contributed by atoms with Crippen LogP contribution in [0.3, 0.4) is 0 Å². The van der Waals surface area contributed by atoms with Crippen molar-refractivity contribution in [1.29, 1.82) is 0 Å². The smallest absolute Gasteiger partial charge is 0.226 e. The SMILES string of the molecule is CCOc1ccc(-c2nc(CN3CCC[C@H](c4nc5ccccc5o4)C3)c(C)o2)cc1. The van der Waals surface area contributed by atoms with Crippen molar-refractivity contribution in [3.8, 4) is 17.2 Å². The molecule has 6 nitrogen and oxygen atoms in total. The number of likely N-dealkylation sites (tertiary alicyclic amines) is 1. The van der Waals surface area contributed by atoms with Crippen LogP contribution in [0.5, 0.6) is 5.75 Å². The Morgan fingerprint density at radius 2 is 1.90 bits per heavy atom. The van der Waals surface area contributed by atoms with Gasteiger partial charge in [-0.1, -0.05) is 12.1 Å². The van der Waals surface area contributed by atoms with Gasteiger partial charge in [0, 0.05) is 24.6 Å². The number of hydrogen-bond acceptors (Lipinski definition) is 6. The summed E-state index contributed by atoms with van der Waals surface area (Å²) in [6.45, 7) is 7.35. The van der Waals surface area contributed by atoms with Gasteiger partial charge in [0.1, 0.15) is 17.0 Å². The van der Waals surface area contributed by atoms with Crippen LogP contribution in [0.1, 0.15) is 43.0 Å². The molecule has 0 radical (unpaired) electrons. The fraction of sp³-hybridized carbons (Fsp3) is 0.360. The third kappa shape index (κ3) is 4.21. The van der Waals surface area contributed by atoms with Gasteiger partial charge in [0.25, 0.3) is 0 Å². The van der Waals surface area contributed by atoms with E-state index in [1.54, 1.807) is 0 Å². The Kier molecular flexibility index (Phi) is 5.47. The minimum absolute atomic E-state index is 0.305.